The number of nitrogens with zero attached hydrogens (tertiary/aromatic N) is 2. The molecule has 1 aliphatic rings. The van der Waals surface area contributed by atoms with Crippen LogP contribution in [0.25, 0.3) is 0 Å². The third-order valence-electron chi connectivity index (χ3n) is 4.57. The topological polar surface area (TPSA) is 59.2 Å². The van der Waals surface area contributed by atoms with Crippen molar-refractivity contribution in [1.82, 2.24) is 4.98 Å². The van der Waals surface area contributed by atoms with Gasteiger partial charge in [-0.3, -0.25) is 4.79 Å². The molecule has 0 bridgehead atoms. The van der Waals surface area contributed by atoms with Crippen molar-refractivity contribution in [2.45, 2.75) is 52.9 Å². The van der Waals surface area contributed by atoms with Crippen LogP contribution in [-0.2, 0) is 5.92 Å². The smallest absolute Gasteiger partial charge is 0.272 e. The predicted octanol–water partition coefficient (Wildman–Crippen LogP) is 3.62. The Morgan fingerprint density at radius 3 is 2.57 bits per heavy atom. The van der Waals surface area contributed by atoms with Crippen LogP contribution in [0.5, 0.6) is 0 Å². The van der Waals surface area contributed by atoms with Crippen molar-refractivity contribution in [2.75, 3.05) is 18.0 Å². The number of primary amides is 1. The molecule has 6 heteroatoms. The lowest BCUT2D eigenvalue weighted by Gasteiger charge is -2.26. The van der Waals surface area contributed by atoms with Crippen molar-refractivity contribution in [2.24, 2.45) is 11.1 Å². The third-order valence-corrected chi connectivity index (χ3v) is 4.57. The van der Waals surface area contributed by atoms with E-state index in [1.165, 1.54) is 6.07 Å². The molecule has 0 radical (unpaired) electrons. The molecule has 0 saturated carbocycles. The summed E-state index contributed by atoms with van der Waals surface area (Å²) in [5.41, 5.74) is 5.72. The molecule has 1 aliphatic heterocycles. The fourth-order valence-electron chi connectivity index (χ4n) is 3.09. The fourth-order valence-corrected chi connectivity index (χ4v) is 3.09. The zero-order valence-corrected chi connectivity index (χ0v) is 14.2. The molecule has 2 N–H and O–H groups in total. The largest absolute Gasteiger partial charge is 0.365 e. The molecular formula is C17H25F2N3O. The van der Waals surface area contributed by atoms with Crippen molar-refractivity contribution in [3.63, 3.8) is 0 Å². The average molecular weight is 325 g/mol. The van der Waals surface area contributed by atoms with Crippen LogP contribution in [0.15, 0.2) is 6.07 Å². The first-order valence-corrected chi connectivity index (χ1v) is 7.96. The standard InChI is InChI=1S/C17H25F2N3O/c1-11-13(17(4,18)19)10-12(14(20)23)15(21-11)22-8-5-6-16(2,3)7-9-22/h10H,5-9H2,1-4H3,(H2,20,23). The lowest BCUT2D eigenvalue weighted by atomic mass is 9.85. The normalized spacial score (nSPS) is 18.6. The van der Waals surface area contributed by atoms with Crippen LogP contribution >= 0.6 is 0 Å². The monoisotopic (exact) mass is 325 g/mol. The summed E-state index contributed by atoms with van der Waals surface area (Å²) in [5.74, 6) is -3.34. The van der Waals surface area contributed by atoms with Crippen LogP contribution in [0.1, 0.15) is 61.6 Å². The van der Waals surface area contributed by atoms with Crippen LogP contribution in [0.4, 0.5) is 14.6 Å². The molecule has 128 valence electrons. The van der Waals surface area contributed by atoms with Gasteiger partial charge in [-0.2, -0.15) is 0 Å². The van der Waals surface area contributed by atoms with E-state index in [-0.39, 0.29) is 22.2 Å². The Kier molecular flexibility index (Phi) is 4.64. The Morgan fingerprint density at radius 1 is 1.35 bits per heavy atom. The van der Waals surface area contributed by atoms with Gasteiger partial charge in [-0.1, -0.05) is 13.8 Å². The van der Waals surface area contributed by atoms with Gasteiger partial charge in [0, 0.05) is 31.3 Å². The second-order valence-corrected chi connectivity index (χ2v) is 7.25. The molecule has 1 amide bonds. The minimum atomic E-state index is -3.05. The summed E-state index contributed by atoms with van der Waals surface area (Å²) in [4.78, 5) is 18.1. The molecule has 0 unspecified atom stereocenters. The maximum absolute atomic E-state index is 13.7. The Balaban J connectivity index is 2.46. The number of carbonyl (C=O) groups is 1. The molecule has 2 rings (SSSR count). The Hall–Kier alpha value is -1.72. The van der Waals surface area contributed by atoms with Crippen molar-refractivity contribution < 1.29 is 13.6 Å². The number of halogens is 2. The molecular weight excluding hydrogens is 300 g/mol. The molecule has 1 aromatic heterocycles. The lowest BCUT2D eigenvalue weighted by molar-refractivity contribution is 0.0164. The zero-order chi connectivity index (χ0) is 17.4. The quantitative estimate of drug-likeness (QED) is 0.923. The van der Waals surface area contributed by atoms with E-state index >= 15 is 0 Å². The van der Waals surface area contributed by atoms with E-state index in [1.54, 1.807) is 6.92 Å². The van der Waals surface area contributed by atoms with E-state index in [0.29, 0.717) is 5.82 Å². The van der Waals surface area contributed by atoms with Gasteiger partial charge in [0.2, 0.25) is 0 Å². The molecule has 0 aliphatic carbocycles. The first-order chi connectivity index (χ1) is 10.5. The number of aromatic nitrogens is 1. The minimum absolute atomic E-state index is 0.0758. The highest BCUT2D eigenvalue weighted by Gasteiger charge is 2.31. The van der Waals surface area contributed by atoms with E-state index in [2.05, 4.69) is 18.8 Å². The van der Waals surface area contributed by atoms with Crippen LogP contribution in [0.3, 0.4) is 0 Å². The van der Waals surface area contributed by atoms with Gasteiger partial charge in [-0.05, 0) is 37.7 Å². The number of pyridine rings is 1. The molecule has 1 fully saturated rings. The second-order valence-electron chi connectivity index (χ2n) is 7.25. The number of rotatable bonds is 3. The maximum atomic E-state index is 13.7. The lowest BCUT2D eigenvalue weighted by Crippen LogP contribution is -2.30. The maximum Gasteiger partial charge on any atom is 0.272 e. The fraction of sp³-hybridized carbons (Fsp3) is 0.647. The van der Waals surface area contributed by atoms with E-state index in [0.717, 1.165) is 39.3 Å². The predicted molar refractivity (Wildman–Crippen MR) is 86.9 cm³/mol. The molecule has 0 aromatic carbocycles. The summed E-state index contributed by atoms with van der Waals surface area (Å²) in [5, 5.41) is 0. The number of aryl methyl sites for hydroxylation is 1. The van der Waals surface area contributed by atoms with Crippen LogP contribution < -0.4 is 10.6 Å². The summed E-state index contributed by atoms with van der Waals surface area (Å²) in [6.07, 6.45) is 3.01. The summed E-state index contributed by atoms with van der Waals surface area (Å²) in [6.45, 7) is 8.26. The molecule has 23 heavy (non-hydrogen) atoms. The first-order valence-electron chi connectivity index (χ1n) is 7.96. The van der Waals surface area contributed by atoms with Gasteiger partial charge in [0.25, 0.3) is 11.8 Å². The number of carbonyl (C=O) groups excluding carboxylic acids is 1. The number of anilines is 1. The molecule has 0 spiro atoms. The molecule has 0 atom stereocenters. The highest BCUT2D eigenvalue weighted by atomic mass is 19.3. The van der Waals surface area contributed by atoms with Crippen molar-refractivity contribution in [3.05, 3.63) is 22.9 Å². The van der Waals surface area contributed by atoms with Crippen LogP contribution in [0, 0.1) is 12.3 Å². The zero-order valence-electron chi connectivity index (χ0n) is 14.2. The van der Waals surface area contributed by atoms with Gasteiger partial charge in [0.15, 0.2) is 0 Å². The van der Waals surface area contributed by atoms with Crippen molar-refractivity contribution in [3.8, 4) is 0 Å². The number of amides is 1. The number of hydrogen-bond acceptors (Lipinski definition) is 3. The van der Waals surface area contributed by atoms with Crippen molar-refractivity contribution in [1.29, 1.82) is 0 Å². The first kappa shape index (κ1) is 17.6. The van der Waals surface area contributed by atoms with Gasteiger partial charge in [-0.15, -0.1) is 0 Å². The Morgan fingerprint density at radius 2 is 2.00 bits per heavy atom. The average Bonchev–Trinajstić information content (AvgIpc) is 2.57. The summed E-state index contributed by atoms with van der Waals surface area (Å²) in [6, 6.07) is 1.20. The van der Waals surface area contributed by atoms with Gasteiger partial charge in [0.05, 0.1) is 5.56 Å². The van der Waals surface area contributed by atoms with E-state index in [9.17, 15) is 13.6 Å². The van der Waals surface area contributed by atoms with Gasteiger partial charge >= 0.3 is 0 Å². The highest BCUT2D eigenvalue weighted by Crippen LogP contribution is 2.35. The Labute approximate surface area is 136 Å². The minimum Gasteiger partial charge on any atom is -0.365 e. The summed E-state index contributed by atoms with van der Waals surface area (Å²) < 4.78 is 27.4. The molecule has 1 aromatic rings. The Bertz CT molecular complexity index is 609. The highest BCUT2D eigenvalue weighted by molar-refractivity contribution is 5.98. The second kappa shape index (κ2) is 6.06. The molecule has 1 saturated heterocycles. The van der Waals surface area contributed by atoms with Gasteiger partial charge in [-0.25, -0.2) is 13.8 Å². The molecule has 2 heterocycles. The van der Waals surface area contributed by atoms with Gasteiger partial charge < -0.3 is 10.6 Å². The number of nitrogens with two attached hydrogens (primary N) is 1. The summed E-state index contributed by atoms with van der Waals surface area (Å²) >= 11 is 0. The van der Waals surface area contributed by atoms with Crippen LogP contribution in [0.2, 0.25) is 0 Å². The van der Waals surface area contributed by atoms with Crippen molar-refractivity contribution >= 4 is 11.7 Å². The summed E-state index contributed by atoms with van der Waals surface area (Å²) in [7, 11) is 0. The van der Waals surface area contributed by atoms with Gasteiger partial charge in [0.1, 0.15) is 5.82 Å². The third kappa shape index (κ3) is 3.98. The van der Waals surface area contributed by atoms with Crippen LogP contribution in [-0.4, -0.2) is 24.0 Å². The number of hydrogen-bond donors (Lipinski definition) is 1. The SMILES string of the molecule is Cc1nc(N2CCCC(C)(C)CC2)c(C(N)=O)cc1C(C)(F)F. The number of alkyl halides is 2. The van der Waals surface area contributed by atoms with E-state index in [1.807, 2.05) is 4.90 Å². The van der Waals surface area contributed by atoms with E-state index < -0.39 is 11.8 Å². The van der Waals surface area contributed by atoms with E-state index in [4.69, 9.17) is 5.73 Å². The molecule has 4 nitrogen and oxygen atoms in total.